The Labute approximate surface area is 137 Å². The van der Waals surface area contributed by atoms with E-state index >= 15 is 0 Å². The predicted octanol–water partition coefficient (Wildman–Crippen LogP) is 3.95. The number of hydrogen-bond acceptors (Lipinski definition) is 5. The maximum Gasteiger partial charge on any atom is 0.412 e. The molecule has 0 radical (unpaired) electrons. The van der Waals surface area contributed by atoms with Crippen molar-refractivity contribution in [2.75, 3.05) is 17.7 Å². The summed E-state index contributed by atoms with van der Waals surface area (Å²) in [4.78, 5) is 24.2. The van der Waals surface area contributed by atoms with Gasteiger partial charge >= 0.3 is 12.1 Å². The van der Waals surface area contributed by atoms with Gasteiger partial charge in [-0.05, 0) is 59.2 Å². The zero-order chi connectivity index (χ0) is 17.8. The number of esters is 1. The van der Waals surface area contributed by atoms with Gasteiger partial charge in [0.25, 0.3) is 0 Å². The van der Waals surface area contributed by atoms with Crippen molar-refractivity contribution in [2.24, 2.45) is 0 Å². The van der Waals surface area contributed by atoms with Crippen molar-refractivity contribution in [3.8, 4) is 0 Å². The molecule has 0 saturated heterocycles. The molecule has 1 aromatic carbocycles. The molecular formula is C17H26N2O4. The Hall–Kier alpha value is -2.24. The second-order valence-electron chi connectivity index (χ2n) is 6.65. The highest BCUT2D eigenvalue weighted by atomic mass is 16.6. The quantitative estimate of drug-likeness (QED) is 0.821. The second-order valence-corrected chi connectivity index (χ2v) is 6.65. The first-order valence-corrected chi connectivity index (χ1v) is 7.53. The lowest BCUT2D eigenvalue weighted by Crippen LogP contribution is -2.28. The van der Waals surface area contributed by atoms with Gasteiger partial charge in [-0.2, -0.15) is 0 Å². The van der Waals surface area contributed by atoms with Crippen molar-refractivity contribution in [3.05, 3.63) is 23.3 Å². The van der Waals surface area contributed by atoms with E-state index in [0.29, 0.717) is 11.4 Å². The van der Waals surface area contributed by atoms with Crippen LogP contribution in [0.1, 0.15) is 50.5 Å². The normalized spacial score (nSPS) is 11.1. The van der Waals surface area contributed by atoms with Gasteiger partial charge < -0.3 is 14.8 Å². The fourth-order valence-corrected chi connectivity index (χ4v) is 2.02. The molecule has 0 spiro atoms. The minimum Gasteiger partial charge on any atom is -0.465 e. The number of ether oxygens (including phenoxy) is 2. The van der Waals surface area contributed by atoms with E-state index in [4.69, 9.17) is 9.47 Å². The average Bonchev–Trinajstić information content (AvgIpc) is 2.37. The standard InChI is InChI=1S/C17H26N2O4/c1-10(2)18-13-9-11(3)8-12(15(20)22-7)14(13)19-16(21)23-17(4,5)6/h8-10,18H,1-7H3,(H,19,21). The molecule has 23 heavy (non-hydrogen) atoms. The fraction of sp³-hybridized carbons (Fsp3) is 0.529. The Morgan fingerprint density at radius 1 is 1.17 bits per heavy atom. The van der Waals surface area contributed by atoms with Crippen LogP contribution < -0.4 is 10.6 Å². The molecule has 0 aliphatic rings. The van der Waals surface area contributed by atoms with Crippen LogP contribution in [0.25, 0.3) is 0 Å². The van der Waals surface area contributed by atoms with E-state index in [0.717, 1.165) is 5.56 Å². The Bertz CT molecular complexity index is 589. The number of methoxy groups -OCH3 is 1. The number of aryl methyl sites for hydroxylation is 1. The average molecular weight is 322 g/mol. The third-order valence-corrected chi connectivity index (χ3v) is 2.76. The molecule has 128 valence electrons. The first-order chi connectivity index (χ1) is 10.5. The first-order valence-electron chi connectivity index (χ1n) is 7.53. The van der Waals surface area contributed by atoms with Gasteiger partial charge in [-0.25, -0.2) is 9.59 Å². The number of rotatable bonds is 4. The number of nitrogens with one attached hydrogen (secondary N) is 2. The van der Waals surface area contributed by atoms with Crippen LogP contribution in [0, 0.1) is 6.92 Å². The molecule has 6 nitrogen and oxygen atoms in total. The highest BCUT2D eigenvalue weighted by Crippen LogP contribution is 2.30. The summed E-state index contributed by atoms with van der Waals surface area (Å²) in [5, 5.41) is 5.88. The summed E-state index contributed by atoms with van der Waals surface area (Å²) in [6.45, 7) is 11.1. The van der Waals surface area contributed by atoms with Crippen molar-refractivity contribution in [1.29, 1.82) is 0 Å². The number of hydrogen-bond donors (Lipinski definition) is 2. The van der Waals surface area contributed by atoms with Crippen molar-refractivity contribution in [3.63, 3.8) is 0 Å². The lowest BCUT2D eigenvalue weighted by Gasteiger charge is -2.22. The monoisotopic (exact) mass is 322 g/mol. The van der Waals surface area contributed by atoms with Gasteiger partial charge in [-0.1, -0.05) is 0 Å². The van der Waals surface area contributed by atoms with Crippen LogP contribution in [-0.4, -0.2) is 30.8 Å². The Morgan fingerprint density at radius 3 is 2.26 bits per heavy atom. The van der Waals surface area contributed by atoms with Gasteiger partial charge in [0.15, 0.2) is 0 Å². The molecule has 0 bridgehead atoms. The Balaban J connectivity index is 3.28. The van der Waals surface area contributed by atoms with Crippen LogP contribution in [0.3, 0.4) is 0 Å². The molecule has 0 aliphatic carbocycles. The van der Waals surface area contributed by atoms with E-state index in [1.165, 1.54) is 7.11 Å². The summed E-state index contributed by atoms with van der Waals surface area (Å²) >= 11 is 0. The van der Waals surface area contributed by atoms with Crippen LogP contribution in [-0.2, 0) is 9.47 Å². The van der Waals surface area contributed by atoms with Crippen LogP contribution in [0.5, 0.6) is 0 Å². The topological polar surface area (TPSA) is 76.7 Å². The van der Waals surface area contributed by atoms with E-state index < -0.39 is 17.7 Å². The molecular weight excluding hydrogens is 296 g/mol. The van der Waals surface area contributed by atoms with Crippen molar-refractivity contribution in [1.82, 2.24) is 0 Å². The smallest absolute Gasteiger partial charge is 0.412 e. The van der Waals surface area contributed by atoms with Crippen LogP contribution in [0.4, 0.5) is 16.2 Å². The molecule has 0 heterocycles. The molecule has 0 aromatic heterocycles. The maximum atomic E-state index is 12.1. The number of amides is 1. The molecule has 6 heteroatoms. The lowest BCUT2D eigenvalue weighted by atomic mass is 10.1. The maximum absolute atomic E-state index is 12.1. The highest BCUT2D eigenvalue weighted by molar-refractivity contribution is 6.04. The summed E-state index contributed by atoms with van der Waals surface area (Å²) in [5.74, 6) is -0.522. The van der Waals surface area contributed by atoms with Crippen molar-refractivity contribution in [2.45, 2.75) is 53.2 Å². The minimum absolute atomic E-state index is 0.126. The number of carbonyl (C=O) groups is 2. The summed E-state index contributed by atoms with van der Waals surface area (Å²) in [6, 6.07) is 3.66. The zero-order valence-electron chi connectivity index (χ0n) is 14.9. The third kappa shape index (κ3) is 5.81. The van der Waals surface area contributed by atoms with E-state index in [2.05, 4.69) is 10.6 Å². The number of benzene rings is 1. The van der Waals surface area contributed by atoms with E-state index in [1.54, 1.807) is 26.8 Å². The van der Waals surface area contributed by atoms with Crippen molar-refractivity contribution < 1.29 is 19.1 Å². The van der Waals surface area contributed by atoms with Gasteiger partial charge in [0.2, 0.25) is 0 Å². The molecule has 0 saturated carbocycles. The molecule has 1 amide bonds. The largest absolute Gasteiger partial charge is 0.465 e. The summed E-state index contributed by atoms with van der Waals surface area (Å²) in [6.07, 6.45) is -0.627. The molecule has 2 N–H and O–H groups in total. The minimum atomic E-state index is -0.633. The van der Waals surface area contributed by atoms with Gasteiger partial charge in [-0.3, -0.25) is 5.32 Å². The summed E-state index contributed by atoms with van der Waals surface area (Å²) in [5.41, 5.74) is 1.52. The summed E-state index contributed by atoms with van der Waals surface area (Å²) < 4.78 is 10.1. The van der Waals surface area contributed by atoms with Crippen LogP contribution >= 0.6 is 0 Å². The van der Waals surface area contributed by atoms with E-state index in [-0.39, 0.29) is 11.6 Å². The Kier molecular flexibility index (Phi) is 6.01. The molecule has 1 aromatic rings. The van der Waals surface area contributed by atoms with E-state index in [9.17, 15) is 9.59 Å². The van der Waals surface area contributed by atoms with Gasteiger partial charge in [0, 0.05) is 6.04 Å². The number of anilines is 2. The van der Waals surface area contributed by atoms with Gasteiger partial charge in [0.05, 0.1) is 24.0 Å². The molecule has 0 unspecified atom stereocenters. The molecule has 1 rings (SSSR count). The van der Waals surface area contributed by atoms with Gasteiger partial charge in [-0.15, -0.1) is 0 Å². The van der Waals surface area contributed by atoms with E-state index in [1.807, 2.05) is 26.8 Å². The Morgan fingerprint density at radius 2 is 1.78 bits per heavy atom. The highest BCUT2D eigenvalue weighted by Gasteiger charge is 2.22. The third-order valence-electron chi connectivity index (χ3n) is 2.76. The predicted molar refractivity (Wildman–Crippen MR) is 91.1 cm³/mol. The molecule has 0 fully saturated rings. The summed E-state index contributed by atoms with van der Waals surface area (Å²) in [7, 11) is 1.30. The van der Waals surface area contributed by atoms with Crippen LogP contribution in [0.15, 0.2) is 12.1 Å². The number of carbonyl (C=O) groups excluding carboxylic acids is 2. The molecule has 0 atom stereocenters. The van der Waals surface area contributed by atoms with Gasteiger partial charge in [0.1, 0.15) is 5.60 Å². The lowest BCUT2D eigenvalue weighted by molar-refractivity contribution is 0.0602. The van der Waals surface area contributed by atoms with Crippen molar-refractivity contribution >= 4 is 23.4 Å². The zero-order valence-corrected chi connectivity index (χ0v) is 14.9. The van der Waals surface area contributed by atoms with Crippen LogP contribution in [0.2, 0.25) is 0 Å². The molecule has 0 aliphatic heterocycles. The SMILES string of the molecule is COC(=O)c1cc(C)cc(NC(C)C)c1NC(=O)OC(C)(C)C. The fourth-order valence-electron chi connectivity index (χ4n) is 2.02. The first kappa shape index (κ1) is 18.8. The second kappa shape index (κ2) is 7.35.